The molecule has 0 bridgehead atoms. The van der Waals surface area contributed by atoms with Gasteiger partial charge >= 0.3 is 6.18 Å². The Kier molecular flexibility index (Phi) is 6.26. The van der Waals surface area contributed by atoms with Crippen LogP contribution in [0.15, 0.2) is 42.5 Å². The molecule has 9 heteroatoms. The van der Waals surface area contributed by atoms with Crippen molar-refractivity contribution in [2.24, 2.45) is 0 Å². The van der Waals surface area contributed by atoms with Gasteiger partial charge in [0.25, 0.3) is 5.91 Å². The number of hydrogen-bond donors (Lipinski definition) is 1. The molecule has 0 aliphatic carbocycles. The van der Waals surface area contributed by atoms with Crippen LogP contribution in [0.5, 0.6) is 5.75 Å². The number of benzene rings is 2. The van der Waals surface area contributed by atoms with Gasteiger partial charge in [-0.25, -0.2) is 4.39 Å². The lowest BCUT2D eigenvalue weighted by molar-refractivity contribution is -0.137. The number of alkyl halides is 3. The predicted molar refractivity (Wildman–Crippen MR) is 102 cm³/mol. The number of ether oxygens (including phenoxy) is 1. The first-order valence-electron chi connectivity index (χ1n) is 9.06. The normalized spacial score (nSPS) is 15.3. The summed E-state index contributed by atoms with van der Waals surface area (Å²) in [4.78, 5) is 16.0. The fourth-order valence-electron chi connectivity index (χ4n) is 3.03. The molecule has 0 atom stereocenters. The van der Waals surface area contributed by atoms with Gasteiger partial charge in [0.1, 0.15) is 0 Å². The second-order valence-corrected chi connectivity index (χ2v) is 6.79. The number of nitrogens with zero attached hydrogens (tertiary/aromatic N) is 2. The van der Waals surface area contributed by atoms with E-state index < -0.39 is 30.1 Å². The summed E-state index contributed by atoms with van der Waals surface area (Å²) in [5, 5.41) is 2.21. The molecule has 2 aromatic rings. The van der Waals surface area contributed by atoms with Crippen LogP contribution in [0.1, 0.15) is 5.56 Å². The van der Waals surface area contributed by atoms with Crippen LogP contribution in [-0.4, -0.2) is 50.6 Å². The third kappa shape index (κ3) is 5.38. The first-order valence-corrected chi connectivity index (χ1v) is 9.06. The van der Waals surface area contributed by atoms with E-state index in [0.29, 0.717) is 18.8 Å². The molecule has 5 nitrogen and oxygen atoms in total. The van der Waals surface area contributed by atoms with E-state index in [1.54, 1.807) is 6.07 Å². The number of anilines is 2. The van der Waals surface area contributed by atoms with Crippen molar-refractivity contribution in [3.8, 4) is 5.75 Å². The zero-order valence-electron chi connectivity index (χ0n) is 15.8. The molecule has 3 rings (SSSR count). The Hall–Kier alpha value is -2.81. The SMILES string of the molecule is CN1CCN(c2ccc(NC(=O)COc3ccccc3F)c(C(F)(F)F)c2)CC1. The third-order valence-electron chi connectivity index (χ3n) is 4.65. The van der Waals surface area contributed by atoms with Crippen LogP contribution < -0.4 is 15.0 Å². The molecule has 1 amide bonds. The molecular weight excluding hydrogens is 390 g/mol. The van der Waals surface area contributed by atoms with Gasteiger partial charge in [-0.1, -0.05) is 12.1 Å². The average Bonchev–Trinajstić information content (AvgIpc) is 2.67. The summed E-state index contributed by atoms with van der Waals surface area (Å²) in [6.45, 7) is 2.14. The first-order chi connectivity index (χ1) is 13.7. The van der Waals surface area contributed by atoms with Crippen molar-refractivity contribution in [2.45, 2.75) is 6.18 Å². The van der Waals surface area contributed by atoms with E-state index in [1.807, 2.05) is 11.9 Å². The summed E-state index contributed by atoms with van der Waals surface area (Å²) in [7, 11) is 1.96. The monoisotopic (exact) mass is 411 g/mol. The van der Waals surface area contributed by atoms with Crippen molar-refractivity contribution in [3.05, 3.63) is 53.8 Å². The minimum atomic E-state index is -4.64. The molecule has 1 aliphatic rings. The average molecular weight is 411 g/mol. The second-order valence-electron chi connectivity index (χ2n) is 6.79. The maximum atomic E-state index is 13.6. The van der Waals surface area contributed by atoms with Gasteiger partial charge in [0.2, 0.25) is 0 Å². The summed E-state index contributed by atoms with van der Waals surface area (Å²) in [5.41, 5.74) is -0.850. The molecule has 156 valence electrons. The van der Waals surface area contributed by atoms with E-state index >= 15 is 0 Å². The number of piperazine rings is 1. The number of carbonyl (C=O) groups excluding carboxylic acids is 1. The topological polar surface area (TPSA) is 44.8 Å². The number of hydrogen-bond acceptors (Lipinski definition) is 4. The van der Waals surface area contributed by atoms with Crippen molar-refractivity contribution >= 4 is 17.3 Å². The zero-order valence-corrected chi connectivity index (χ0v) is 15.8. The lowest BCUT2D eigenvalue weighted by Crippen LogP contribution is -2.44. The van der Waals surface area contributed by atoms with Crippen LogP contribution in [0.3, 0.4) is 0 Å². The molecule has 0 radical (unpaired) electrons. The van der Waals surface area contributed by atoms with Crippen molar-refractivity contribution < 1.29 is 27.1 Å². The number of para-hydroxylation sites is 1. The largest absolute Gasteiger partial charge is 0.481 e. The number of amides is 1. The third-order valence-corrected chi connectivity index (χ3v) is 4.65. The lowest BCUT2D eigenvalue weighted by Gasteiger charge is -2.34. The van der Waals surface area contributed by atoms with Gasteiger partial charge in [-0.15, -0.1) is 0 Å². The Morgan fingerprint density at radius 1 is 1.10 bits per heavy atom. The lowest BCUT2D eigenvalue weighted by atomic mass is 10.1. The highest BCUT2D eigenvalue weighted by Gasteiger charge is 2.35. The quantitative estimate of drug-likeness (QED) is 0.764. The van der Waals surface area contributed by atoms with E-state index in [4.69, 9.17) is 4.74 Å². The van der Waals surface area contributed by atoms with Gasteiger partial charge in [-0.3, -0.25) is 4.79 Å². The van der Waals surface area contributed by atoms with Crippen molar-refractivity contribution in [3.63, 3.8) is 0 Å². The van der Waals surface area contributed by atoms with E-state index in [1.165, 1.54) is 24.3 Å². The standard InChI is InChI=1S/C20H21F4N3O2/c1-26-8-10-27(11-9-26)14-6-7-17(15(12-14)20(22,23)24)25-19(28)13-29-18-5-3-2-4-16(18)21/h2-7,12H,8-11,13H2,1H3,(H,25,28). The number of likely N-dealkylation sites (N-methyl/N-ethyl adjacent to an activating group) is 1. The summed E-state index contributed by atoms with van der Waals surface area (Å²) in [5.74, 6) is -1.62. The molecule has 0 aromatic heterocycles. The van der Waals surface area contributed by atoms with Crippen LogP contribution in [0, 0.1) is 5.82 Å². The van der Waals surface area contributed by atoms with E-state index in [0.717, 1.165) is 25.2 Å². The molecule has 0 saturated carbocycles. The minimum Gasteiger partial charge on any atom is -0.481 e. The molecule has 29 heavy (non-hydrogen) atoms. The van der Waals surface area contributed by atoms with Crippen LogP contribution in [0.25, 0.3) is 0 Å². The molecule has 0 unspecified atom stereocenters. The summed E-state index contributed by atoms with van der Waals surface area (Å²) in [6, 6.07) is 9.29. The van der Waals surface area contributed by atoms with Crippen molar-refractivity contribution in [1.29, 1.82) is 0 Å². The van der Waals surface area contributed by atoms with Crippen LogP contribution in [0.4, 0.5) is 28.9 Å². The number of nitrogens with one attached hydrogen (secondary N) is 1. The van der Waals surface area contributed by atoms with Crippen molar-refractivity contribution in [2.75, 3.05) is 50.1 Å². The van der Waals surface area contributed by atoms with Crippen molar-refractivity contribution in [1.82, 2.24) is 4.90 Å². The van der Waals surface area contributed by atoms with Gasteiger partial charge in [-0.05, 0) is 37.4 Å². The number of rotatable bonds is 5. The Balaban J connectivity index is 1.72. The second kappa shape index (κ2) is 8.69. The molecule has 1 saturated heterocycles. The zero-order chi connectivity index (χ0) is 21.0. The number of carbonyl (C=O) groups is 1. The summed E-state index contributed by atoms with van der Waals surface area (Å²) < 4.78 is 59.2. The Labute approximate surface area is 165 Å². The first kappa shape index (κ1) is 20.9. The van der Waals surface area contributed by atoms with Crippen LogP contribution in [-0.2, 0) is 11.0 Å². The maximum absolute atomic E-state index is 13.6. The Bertz CT molecular complexity index is 865. The molecule has 0 spiro atoms. The molecular formula is C20H21F4N3O2. The van der Waals surface area contributed by atoms with E-state index in [-0.39, 0.29) is 11.4 Å². The summed E-state index contributed by atoms with van der Waals surface area (Å²) >= 11 is 0. The van der Waals surface area contributed by atoms with Gasteiger partial charge < -0.3 is 19.9 Å². The molecule has 1 N–H and O–H groups in total. The predicted octanol–water partition coefficient (Wildman–Crippen LogP) is 3.61. The van der Waals surface area contributed by atoms with Gasteiger partial charge in [0.15, 0.2) is 18.2 Å². The van der Waals surface area contributed by atoms with Gasteiger partial charge in [0.05, 0.1) is 11.3 Å². The Morgan fingerprint density at radius 3 is 2.45 bits per heavy atom. The smallest absolute Gasteiger partial charge is 0.418 e. The fraction of sp³-hybridized carbons (Fsp3) is 0.350. The van der Waals surface area contributed by atoms with Gasteiger partial charge in [-0.2, -0.15) is 13.2 Å². The molecule has 1 aliphatic heterocycles. The van der Waals surface area contributed by atoms with Crippen LogP contribution >= 0.6 is 0 Å². The Morgan fingerprint density at radius 2 is 1.79 bits per heavy atom. The highest BCUT2D eigenvalue weighted by atomic mass is 19.4. The molecule has 2 aromatic carbocycles. The van der Waals surface area contributed by atoms with Gasteiger partial charge in [0, 0.05) is 31.9 Å². The minimum absolute atomic E-state index is 0.149. The van der Waals surface area contributed by atoms with E-state index in [2.05, 4.69) is 10.2 Å². The van der Waals surface area contributed by atoms with E-state index in [9.17, 15) is 22.4 Å². The fourth-order valence-corrected chi connectivity index (χ4v) is 3.03. The number of halogens is 4. The summed E-state index contributed by atoms with van der Waals surface area (Å²) in [6.07, 6.45) is -4.64. The molecule has 1 fully saturated rings. The highest BCUT2D eigenvalue weighted by molar-refractivity contribution is 5.93. The maximum Gasteiger partial charge on any atom is 0.418 e. The highest BCUT2D eigenvalue weighted by Crippen LogP contribution is 2.37. The van der Waals surface area contributed by atoms with Crippen LogP contribution in [0.2, 0.25) is 0 Å². The molecule has 1 heterocycles.